The van der Waals surface area contributed by atoms with Crippen LogP contribution >= 0.6 is 22.6 Å². The van der Waals surface area contributed by atoms with Crippen molar-refractivity contribution < 1.29 is 0 Å². The summed E-state index contributed by atoms with van der Waals surface area (Å²) in [5.74, 6) is 0. The second-order valence-corrected chi connectivity index (χ2v) is 3.96. The summed E-state index contributed by atoms with van der Waals surface area (Å²) < 4.78 is 3.12. The number of imidazole rings is 1. The lowest BCUT2D eigenvalue weighted by atomic mass is 10.2. The van der Waals surface area contributed by atoms with E-state index in [1.807, 2.05) is 18.6 Å². The monoisotopic (exact) mass is 284 g/mol. The molecule has 2 rings (SSSR count). The zero-order valence-electron chi connectivity index (χ0n) is 7.02. The van der Waals surface area contributed by atoms with E-state index in [2.05, 4.69) is 56.4 Å². The quantitative estimate of drug-likeness (QED) is 0.775. The first-order valence-corrected chi connectivity index (χ1v) is 5.14. The Morgan fingerprint density at radius 3 is 2.62 bits per heavy atom. The molecule has 3 heteroatoms. The zero-order chi connectivity index (χ0) is 9.10. The van der Waals surface area contributed by atoms with Gasteiger partial charge in [-0.2, -0.15) is 0 Å². The first-order chi connectivity index (χ1) is 6.34. The van der Waals surface area contributed by atoms with Gasteiger partial charge in [-0.25, -0.2) is 4.98 Å². The van der Waals surface area contributed by atoms with Gasteiger partial charge in [0.1, 0.15) is 3.70 Å². The fraction of sp³-hybridized carbons (Fsp3) is 0.100. The normalized spacial score (nSPS) is 10.2. The van der Waals surface area contributed by atoms with Crippen molar-refractivity contribution in [3.05, 3.63) is 52.1 Å². The van der Waals surface area contributed by atoms with Crippen molar-refractivity contribution >= 4 is 22.6 Å². The number of hydrogen-bond acceptors (Lipinski definition) is 1. The fourth-order valence-electron chi connectivity index (χ4n) is 1.21. The first kappa shape index (κ1) is 8.74. The SMILES string of the molecule is Ic1cn(Cc2ccccc2)cn1. The molecule has 66 valence electrons. The number of halogens is 1. The molecule has 0 aliphatic carbocycles. The van der Waals surface area contributed by atoms with E-state index in [4.69, 9.17) is 0 Å². The Hall–Kier alpha value is -0.840. The van der Waals surface area contributed by atoms with Crippen LogP contribution in [0.4, 0.5) is 0 Å². The summed E-state index contributed by atoms with van der Waals surface area (Å²) in [6, 6.07) is 10.4. The fourth-order valence-corrected chi connectivity index (χ4v) is 1.70. The number of nitrogens with zero attached hydrogens (tertiary/aromatic N) is 2. The predicted molar refractivity (Wildman–Crippen MR) is 60.5 cm³/mol. The Morgan fingerprint density at radius 2 is 2.00 bits per heavy atom. The van der Waals surface area contributed by atoms with E-state index in [-0.39, 0.29) is 0 Å². The van der Waals surface area contributed by atoms with Crippen molar-refractivity contribution in [3.63, 3.8) is 0 Å². The molecule has 0 saturated carbocycles. The minimum Gasteiger partial charge on any atom is -0.332 e. The Morgan fingerprint density at radius 1 is 1.23 bits per heavy atom. The summed E-state index contributed by atoms with van der Waals surface area (Å²) in [7, 11) is 0. The summed E-state index contributed by atoms with van der Waals surface area (Å²) >= 11 is 2.21. The molecule has 13 heavy (non-hydrogen) atoms. The number of aromatic nitrogens is 2. The van der Waals surface area contributed by atoms with Gasteiger partial charge >= 0.3 is 0 Å². The second kappa shape index (κ2) is 3.91. The van der Waals surface area contributed by atoms with Crippen LogP contribution in [0.5, 0.6) is 0 Å². The minimum absolute atomic E-state index is 0.900. The van der Waals surface area contributed by atoms with E-state index in [1.54, 1.807) is 0 Å². The van der Waals surface area contributed by atoms with Gasteiger partial charge in [0.15, 0.2) is 0 Å². The van der Waals surface area contributed by atoms with Crippen LogP contribution in [0.15, 0.2) is 42.9 Å². The smallest absolute Gasteiger partial charge is 0.119 e. The maximum absolute atomic E-state index is 4.16. The summed E-state index contributed by atoms with van der Waals surface area (Å²) in [5, 5.41) is 0. The third kappa shape index (κ3) is 2.30. The molecule has 0 aliphatic rings. The summed E-state index contributed by atoms with van der Waals surface area (Å²) in [4.78, 5) is 4.16. The van der Waals surface area contributed by atoms with Gasteiger partial charge in [-0.05, 0) is 28.2 Å². The van der Waals surface area contributed by atoms with E-state index in [9.17, 15) is 0 Å². The molecule has 0 radical (unpaired) electrons. The van der Waals surface area contributed by atoms with Crippen molar-refractivity contribution in [1.82, 2.24) is 9.55 Å². The number of benzene rings is 1. The standard InChI is InChI=1S/C10H9IN2/c11-10-7-13(8-12-10)6-9-4-2-1-3-5-9/h1-5,7-8H,6H2. The molecule has 1 aromatic heterocycles. The Balaban J connectivity index is 2.15. The summed E-state index contributed by atoms with van der Waals surface area (Å²) in [6.45, 7) is 0.900. The van der Waals surface area contributed by atoms with Crippen LogP contribution < -0.4 is 0 Å². The molecule has 0 N–H and O–H groups in total. The van der Waals surface area contributed by atoms with E-state index in [0.717, 1.165) is 10.2 Å². The molecule has 2 aromatic rings. The molecular weight excluding hydrogens is 275 g/mol. The first-order valence-electron chi connectivity index (χ1n) is 4.06. The molecule has 2 nitrogen and oxygen atoms in total. The highest BCUT2D eigenvalue weighted by Gasteiger charge is 1.95. The van der Waals surface area contributed by atoms with Gasteiger partial charge in [0.05, 0.1) is 6.33 Å². The summed E-state index contributed by atoms with van der Waals surface area (Å²) in [6.07, 6.45) is 3.89. The Kier molecular flexibility index (Phi) is 2.63. The van der Waals surface area contributed by atoms with Gasteiger partial charge in [0.25, 0.3) is 0 Å². The molecule has 1 aromatic carbocycles. The van der Waals surface area contributed by atoms with Crippen LogP contribution in [0.2, 0.25) is 0 Å². The van der Waals surface area contributed by atoms with Crippen LogP contribution in [0.3, 0.4) is 0 Å². The molecule has 0 spiro atoms. The Labute approximate surface area is 90.8 Å². The van der Waals surface area contributed by atoms with E-state index in [1.165, 1.54) is 5.56 Å². The summed E-state index contributed by atoms with van der Waals surface area (Å²) in [5.41, 5.74) is 1.30. The van der Waals surface area contributed by atoms with Crippen molar-refractivity contribution in [2.45, 2.75) is 6.54 Å². The molecule has 0 atom stereocenters. The molecular formula is C10H9IN2. The molecule has 0 saturated heterocycles. The zero-order valence-corrected chi connectivity index (χ0v) is 9.18. The average Bonchev–Trinajstić information content (AvgIpc) is 2.53. The number of hydrogen-bond donors (Lipinski definition) is 0. The van der Waals surface area contributed by atoms with Gasteiger partial charge in [-0.1, -0.05) is 30.3 Å². The lowest BCUT2D eigenvalue weighted by molar-refractivity contribution is 0.797. The topological polar surface area (TPSA) is 17.8 Å². The average molecular weight is 284 g/mol. The minimum atomic E-state index is 0.900. The Bertz CT molecular complexity index is 381. The van der Waals surface area contributed by atoms with Crippen molar-refractivity contribution in [2.75, 3.05) is 0 Å². The maximum Gasteiger partial charge on any atom is 0.119 e. The highest BCUT2D eigenvalue weighted by molar-refractivity contribution is 14.1. The van der Waals surface area contributed by atoms with Crippen molar-refractivity contribution in [3.8, 4) is 0 Å². The van der Waals surface area contributed by atoms with Crippen molar-refractivity contribution in [2.24, 2.45) is 0 Å². The van der Waals surface area contributed by atoms with Gasteiger partial charge in [0.2, 0.25) is 0 Å². The highest BCUT2D eigenvalue weighted by atomic mass is 127. The number of rotatable bonds is 2. The van der Waals surface area contributed by atoms with Crippen LogP contribution in [0.25, 0.3) is 0 Å². The maximum atomic E-state index is 4.16. The van der Waals surface area contributed by atoms with Gasteiger partial charge < -0.3 is 4.57 Å². The van der Waals surface area contributed by atoms with E-state index < -0.39 is 0 Å². The lowest BCUT2D eigenvalue weighted by Gasteiger charge is -2.00. The van der Waals surface area contributed by atoms with Crippen LogP contribution in [-0.4, -0.2) is 9.55 Å². The molecule has 0 aliphatic heterocycles. The van der Waals surface area contributed by atoms with Gasteiger partial charge in [-0.15, -0.1) is 0 Å². The predicted octanol–water partition coefficient (Wildman–Crippen LogP) is 2.54. The van der Waals surface area contributed by atoms with Crippen LogP contribution in [0.1, 0.15) is 5.56 Å². The highest BCUT2D eigenvalue weighted by Crippen LogP contribution is 2.04. The molecule has 0 bridgehead atoms. The third-order valence-electron chi connectivity index (χ3n) is 1.81. The largest absolute Gasteiger partial charge is 0.332 e. The third-order valence-corrected chi connectivity index (χ3v) is 2.37. The molecule has 0 amide bonds. The van der Waals surface area contributed by atoms with Crippen molar-refractivity contribution in [1.29, 1.82) is 0 Å². The van der Waals surface area contributed by atoms with E-state index >= 15 is 0 Å². The molecule has 0 unspecified atom stereocenters. The second-order valence-electron chi connectivity index (χ2n) is 2.85. The van der Waals surface area contributed by atoms with Gasteiger partial charge in [-0.3, -0.25) is 0 Å². The van der Waals surface area contributed by atoms with Gasteiger partial charge in [0, 0.05) is 12.7 Å². The van der Waals surface area contributed by atoms with E-state index in [0.29, 0.717) is 0 Å². The van der Waals surface area contributed by atoms with Crippen LogP contribution in [0, 0.1) is 3.70 Å². The molecule has 1 heterocycles. The lowest BCUT2D eigenvalue weighted by Crippen LogP contribution is -1.95. The molecule has 0 fully saturated rings. The van der Waals surface area contributed by atoms with Crippen LogP contribution in [-0.2, 0) is 6.54 Å².